The van der Waals surface area contributed by atoms with Crippen molar-refractivity contribution in [1.82, 2.24) is 4.98 Å². The van der Waals surface area contributed by atoms with E-state index in [1.807, 2.05) is 30.3 Å². The minimum absolute atomic E-state index is 0.0574. The molecule has 2 aromatic carbocycles. The normalized spacial score (nSPS) is 11.2. The second-order valence-electron chi connectivity index (χ2n) is 5.14. The first-order chi connectivity index (χ1) is 11.1. The Hall–Kier alpha value is -2.79. The standard InChI is InChI=1S/C18H10FNO2S/c19-13-6-3-5-11-12(18(21)22)9-14(20-17(11)13)16-8-10-4-1-2-7-15(10)23-16/h1-9H,(H,21,22). The smallest absolute Gasteiger partial charge is 0.336 e. The minimum atomic E-state index is -1.09. The molecule has 0 aliphatic rings. The van der Waals surface area contributed by atoms with Crippen LogP contribution in [0, 0.1) is 5.82 Å². The van der Waals surface area contributed by atoms with Gasteiger partial charge in [0.2, 0.25) is 0 Å². The number of aromatic carboxylic acids is 1. The third-order valence-corrected chi connectivity index (χ3v) is 4.84. The lowest BCUT2D eigenvalue weighted by Crippen LogP contribution is -2.01. The zero-order valence-electron chi connectivity index (χ0n) is 11.8. The zero-order valence-corrected chi connectivity index (χ0v) is 12.6. The van der Waals surface area contributed by atoms with E-state index in [-0.39, 0.29) is 11.1 Å². The predicted octanol–water partition coefficient (Wildman–Crippen LogP) is 4.95. The van der Waals surface area contributed by atoms with E-state index < -0.39 is 11.8 Å². The highest BCUT2D eigenvalue weighted by atomic mass is 32.1. The van der Waals surface area contributed by atoms with Crippen molar-refractivity contribution in [3.8, 4) is 10.6 Å². The number of aromatic nitrogens is 1. The molecule has 0 aliphatic carbocycles. The van der Waals surface area contributed by atoms with Crippen LogP contribution in [0.5, 0.6) is 0 Å². The summed E-state index contributed by atoms with van der Waals surface area (Å²) in [6.07, 6.45) is 0. The SMILES string of the molecule is O=C(O)c1cc(-c2cc3ccccc3s2)nc2c(F)cccc12. The molecule has 0 unspecified atom stereocenters. The largest absolute Gasteiger partial charge is 0.478 e. The van der Waals surface area contributed by atoms with Crippen molar-refractivity contribution in [3.05, 3.63) is 66.0 Å². The summed E-state index contributed by atoms with van der Waals surface area (Å²) >= 11 is 1.51. The first-order valence-corrected chi connectivity index (χ1v) is 7.76. The maximum absolute atomic E-state index is 14.1. The topological polar surface area (TPSA) is 50.2 Å². The number of rotatable bonds is 2. The van der Waals surface area contributed by atoms with Gasteiger partial charge in [0.1, 0.15) is 11.3 Å². The third kappa shape index (κ3) is 2.26. The number of carbonyl (C=O) groups is 1. The molecule has 5 heteroatoms. The molecule has 0 radical (unpaired) electrons. The fraction of sp³-hybridized carbons (Fsp3) is 0. The molecule has 2 aromatic heterocycles. The summed E-state index contributed by atoms with van der Waals surface area (Å²) < 4.78 is 15.2. The second kappa shape index (κ2) is 5.14. The molecule has 0 atom stereocenters. The zero-order chi connectivity index (χ0) is 16.0. The summed E-state index contributed by atoms with van der Waals surface area (Å²) in [5.74, 6) is -1.61. The molecular formula is C18H10FNO2S. The molecule has 3 nitrogen and oxygen atoms in total. The average Bonchev–Trinajstić information content (AvgIpc) is 2.98. The van der Waals surface area contributed by atoms with Crippen molar-refractivity contribution >= 4 is 38.3 Å². The summed E-state index contributed by atoms with van der Waals surface area (Å²) in [6, 6.07) is 15.7. The van der Waals surface area contributed by atoms with E-state index >= 15 is 0 Å². The Morgan fingerprint density at radius 2 is 1.91 bits per heavy atom. The molecule has 0 spiro atoms. The molecular weight excluding hydrogens is 313 g/mol. The van der Waals surface area contributed by atoms with Crippen LogP contribution in [0.4, 0.5) is 4.39 Å². The Labute approximate surface area is 134 Å². The van der Waals surface area contributed by atoms with Gasteiger partial charge in [-0.2, -0.15) is 0 Å². The lowest BCUT2D eigenvalue weighted by atomic mass is 10.1. The number of fused-ring (bicyclic) bond motifs is 2. The first-order valence-electron chi connectivity index (χ1n) is 6.95. The fourth-order valence-corrected chi connectivity index (χ4v) is 3.65. The van der Waals surface area contributed by atoms with E-state index in [1.165, 1.54) is 29.5 Å². The minimum Gasteiger partial charge on any atom is -0.478 e. The molecule has 0 saturated carbocycles. The molecule has 0 fully saturated rings. The molecule has 0 bridgehead atoms. The second-order valence-corrected chi connectivity index (χ2v) is 6.23. The van der Waals surface area contributed by atoms with Gasteiger partial charge in [0, 0.05) is 10.1 Å². The number of para-hydroxylation sites is 1. The van der Waals surface area contributed by atoms with Crippen LogP contribution >= 0.6 is 11.3 Å². The van der Waals surface area contributed by atoms with Gasteiger partial charge in [0.25, 0.3) is 0 Å². The number of halogens is 1. The lowest BCUT2D eigenvalue weighted by molar-refractivity contribution is 0.0699. The average molecular weight is 323 g/mol. The van der Waals surface area contributed by atoms with E-state index in [4.69, 9.17) is 0 Å². The highest BCUT2D eigenvalue weighted by Crippen LogP contribution is 2.34. The maximum Gasteiger partial charge on any atom is 0.336 e. The van der Waals surface area contributed by atoms with Gasteiger partial charge in [-0.1, -0.05) is 30.3 Å². The number of benzene rings is 2. The molecule has 0 saturated heterocycles. The van der Waals surface area contributed by atoms with E-state index in [2.05, 4.69) is 4.98 Å². The van der Waals surface area contributed by atoms with Crippen LogP contribution < -0.4 is 0 Å². The molecule has 2 heterocycles. The van der Waals surface area contributed by atoms with Crippen molar-refractivity contribution in [2.45, 2.75) is 0 Å². The summed E-state index contributed by atoms with van der Waals surface area (Å²) in [5.41, 5.74) is 0.614. The van der Waals surface area contributed by atoms with E-state index in [0.717, 1.165) is 15.0 Å². The Bertz CT molecular complexity index is 1040. The fourth-order valence-electron chi connectivity index (χ4n) is 2.62. The van der Waals surface area contributed by atoms with Gasteiger partial charge in [-0.3, -0.25) is 0 Å². The molecule has 112 valence electrons. The summed E-state index contributed by atoms with van der Waals surface area (Å²) in [5, 5.41) is 10.8. The Kier molecular flexibility index (Phi) is 3.09. The number of hydrogen-bond acceptors (Lipinski definition) is 3. The van der Waals surface area contributed by atoms with Crippen LogP contribution in [0.25, 0.3) is 31.6 Å². The summed E-state index contributed by atoms with van der Waals surface area (Å²) in [6.45, 7) is 0. The number of carboxylic acids is 1. The highest BCUT2D eigenvalue weighted by Gasteiger charge is 2.16. The van der Waals surface area contributed by atoms with Crippen LogP contribution in [0.15, 0.2) is 54.6 Å². The number of hydrogen-bond donors (Lipinski definition) is 1. The maximum atomic E-state index is 14.1. The van der Waals surface area contributed by atoms with Crippen LogP contribution in [0.2, 0.25) is 0 Å². The van der Waals surface area contributed by atoms with Gasteiger partial charge in [-0.25, -0.2) is 14.2 Å². The van der Waals surface area contributed by atoms with E-state index in [0.29, 0.717) is 11.1 Å². The van der Waals surface area contributed by atoms with Gasteiger partial charge in [-0.15, -0.1) is 11.3 Å². The number of carboxylic acid groups (broad SMARTS) is 1. The summed E-state index contributed by atoms with van der Waals surface area (Å²) in [7, 11) is 0. The molecule has 4 aromatic rings. The lowest BCUT2D eigenvalue weighted by Gasteiger charge is -2.06. The van der Waals surface area contributed by atoms with Gasteiger partial charge in [0.05, 0.1) is 16.1 Å². The number of pyridine rings is 1. The predicted molar refractivity (Wildman–Crippen MR) is 89.5 cm³/mol. The third-order valence-electron chi connectivity index (χ3n) is 3.70. The van der Waals surface area contributed by atoms with Crippen molar-refractivity contribution in [2.75, 3.05) is 0 Å². The van der Waals surface area contributed by atoms with Crippen LogP contribution in [0.1, 0.15) is 10.4 Å². The number of nitrogens with zero attached hydrogens (tertiary/aromatic N) is 1. The van der Waals surface area contributed by atoms with Crippen LogP contribution in [0.3, 0.4) is 0 Å². The monoisotopic (exact) mass is 323 g/mol. The van der Waals surface area contributed by atoms with Gasteiger partial charge in [-0.05, 0) is 29.7 Å². The molecule has 23 heavy (non-hydrogen) atoms. The Balaban J connectivity index is 2.03. The van der Waals surface area contributed by atoms with Crippen molar-refractivity contribution in [1.29, 1.82) is 0 Å². The van der Waals surface area contributed by atoms with Crippen molar-refractivity contribution in [2.24, 2.45) is 0 Å². The molecule has 0 aliphatic heterocycles. The number of thiophene rings is 1. The van der Waals surface area contributed by atoms with Gasteiger partial charge < -0.3 is 5.11 Å². The molecule has 1 N–H and O–H groups in total. The molecule has 0 amide bonds. The van der Waals surface area contributed by atoms with Crippen LogP contribution in [-0.2, 0) is 0 Å². The van der Waals surface area contributed by atoms with E-state index in [1.54, 1.807) is 6.07 Å². The van der Waals surface area contributed by atoms with Crippen molar-refractivity contribution in [3.63, 3.8) is 0 Å². The molecule has 4 rings (SSSR count). The van der Waals surface area contributed by atoms with E-state index in [9.17, 15) is 14.3 Å². The van der Waals surface area contributed by atoms with Crippen molar-refractivity contribution < 1.29 is 14.3 Å². The summed E-state index contributed by atoms with van der Waals surface area (Å²) in [4.78, 5) is 16.7. The highest BCUT2D eigenvalue weighted by molar-refractivity contribution is 7.22. The quantitative estimate of drug-likeness (QED) is 0.567. The Morgan fingerprint density at radius 1 is 1.09 bits per heavy atom. The first kappa shape index (κ1) is 13.8. The Morgan fingerprint density at radius 3 is 2.70 bits per heavy atom. The van der Waals surface area contributed by atoms with Crippen LogP contribution in [-0.4, -0.2) is 16.1 Å². The van der Waals surface area contributed by atoms with Gasteiger partial charge >= 0.3 is 5.97 Å². The van der Waals surface area contributed by atoms with Gasteiger partial charge in [0.15, 0.2) is 0 Å².